The van der Waals surface area contributed by atoms with Gasteiger partial charge in [0.1, 0.15) is 17.5 Å². The first-order valence-corrected chi connectivity index (χ1v) is 13.8. The summed E-state index contributed by atoms with van der Waals surface area (Å²) in [5.74, 6) is -1.21. The number of imide groups is 1. The molecule has 41 heavy (non-hydrogen) atoms. The predicted molar refractivity (Wildman–Crippen MR) is 149 cm³/mol. The highest BCUT2D eigenvalue weighted by atomic mass is 19.1. The molecule has 1 aromatic heterocycles. The number of rotatable bonds is 5. The highest BCUT2D eigenvalue weighted by Gasteiger charge is 2.36. The number of fused-ring (bicyclic) bond motifs is 2. The van der Waals surface area contributed by atoms with Crippen molar-refractivity contribution >= 4 is 34.4 Å². The quantitative estimate of drug-likeness (QED) is 0.325. The summed E-state index contributed by atoms with van der Waals surface area (Å²) in [6.45, 7) is 3.30. The van der Waals surface area contributed by atoms with E-state index < -0.39 is 11.6 Å². The molecule has 2 fully saturated rings. The molecule has 4 heterocycles. The van der Waals surface area contributed by atoms with E-state index in [9.17, 15) is 18.4 Å². The van der Waals surface area contributed by atoms with Crippen molar-refractivity contribution < 1.29 is 23.1 Å². The fraction of sp³-hybridized carbons (Fsp3) is 0.290. The Kier molecular flexibility index (Phi) is 6.34. The molecule has 10 heteroatoms. The summed E-state index contributed by atoms with van der Waals surface area (Å²) >= 11 is 0. The second-order valence-electron chi connectivity index (χ2n) is 10.6. The van der Waals surface area contributed by atoms with Gasteiger partial charge in [-0.15, -0.1) is 0 Å². The molecule has 2 amide bonds. The predicted octanol–water partition coefficient (Wildman–Crippen LogP) is 4.88. The van der Waals surface area contributed by atoms with Gasteiger partial charge in [-0.25, -0.2) is 13.8 Å². The average molecular weight is 556 g/mol. The average Bonchev–Trinajstić information content (AvgIpc) is 3.56. The van der Waals surface area contributed by atoms with Gasteiger partial charge in [0.15, 0.2) is 0 Å². The summed E-state index contributed by atoms with van der Waals surface area (Å²) < 4.78 is 34.0. The van der Waals surface area contributed by atoms with Crippen molar-refractivity contribution in [2.24, 2.45) is 0 Å². The zero-order chi connectivity index (χ0) is 28.1. The number of ether oxygens (including phenoxy) is 1. The van der Waals surface area contributed by atoms with Crippen molar-refractivity contribution in [2.45, 2.75) is 25.4 Å². The van der Waals surface area contributed by atoms with E-state index in [1.54, 1.807) is 30.5 Å². The summed E-state index contributed by atoms with van der Waals surface area (Å²) in [6.07, 6.45) is 3.30. The van der Waals surface area contributed by atoms with Crippen LogP contribution in [0.1, 0.15) is 50.7 Å². The summed E-state index contributed by atoms with van der Waals surface area (Å²) in [5, 5.41) is 0. The van der Waals surface area contributed by atoms with Crippen molar-refractivity contribution in [2.75, 3.05) is 42.6 Å². The molecule has 0 N–H and O–H groups in total. The van der Waals surface area contributed by atoms with Crippen LogP contribution in [0.15, 0.2) is 60.8 Å². The lowest BCUT2D eigenvalue weighted by atomic mass is 9.98. The molecule has 3 aromatic carbocycles. The van der Waals surface area contributed by atoms with Gasteiger partial charge in [0.05, 0.1) is 54.2 Å². The topological polar surface area (TPSA) is 78.9 Å². The van der Waals surface area contributed by atoms with Gasteiger partial charge in [-0.2, -0.15) is 0 Å². The molecule has 4 aromatic rings. The van der Waals surface area contributed by atoms with Crippen molar-refractivity contribution in [3.63, 3.8) is 0 Å². The van der Waals surface area contributed by atoms with Crippen molar-refractivity contribution in [3.8, 4) is 0 Å². The lowest BCUT2D eigenvalue weighted by molar-refractivity contribution is 0.0642. The molecule has 1 atom stereocenters. The minimum Gasteiger partial charge on any atom is -0.378 e. The van der Waals surface area contributed by atoms with Gasteiger partial charge in [-0.05, 0) is 54.8 Å². The zero-order valence-electron chi connectivity index (χ0n) is 22.2. The summed E-state index contributed by atoms with van der Waals surface area (Å²) in [6, 6.07) is 14.0. The van der Waals surface area contributed by atoms with E-state index in [1.807, 2.05) is 17.0 Å². The molecule has 2 saturated heterocycles. The van der Waals surface area contributed by atoms with Crippen LogP contribution in [0.5, 0.6) is 0 Å². The Hall–Kier alpha value is -4.44. The fourth-order valence-corrected chi connectivity index (χ4v) is 6.15. The molecule has 208 valence electrons. The van der Waals surface area contributed by atoms with E-state index in [1.165, 1.54) is 17.0 Å². The lowest BCUT2D eigenvalue weighted by Crippen LogP contribution is -2.36. The van der Waals surface area contributed by atoms with E-state index in [-0.39, 0.29) is 24.4 Å². The van der Waals surface area contributed by atoms with E-state index in [0.29, 0.717) is 60.7 Å². The van der Waals surface area contributed by atoms with Crippen molar-refractivity contribution in [1.82, 2.24) is 14.9 Å². The number of hydrogen-bond acceptors (Lipinski definition) is 7. The second-order valence-corrected chi connectivity index (χ2v) is 10.6. The molecular weight excluding hydrogens is 528 g/mol. The Morgan fingerprint density at radius 2 is 1.61 bits per heavy atom. The first-order chi connectivity index (χ1) is 20.0. The zero-order valence-corrected chi connectivity index (χ0v) is 22.2. The highest BCUT2D eigenvalue weighted by molar-refractivity contribution is 6.21. The molecule has 0 saturated carbocycles. The van der Waals surface area contributed by atoms with Gasteiger partial charge in [-0.1, -0.05) is 12.1 Å². The van der Waals surface area contributed by atoms with Crippen LogP contribution in [0.4, 0.5) is 20.3 Å². The number of halogens is 2. The third-order valence-electron chi connectivity index (χ3n) is 8.07. The van der Waals surface area contributed by atoms with E-state index in [4.69, 9.17) is 14.7 Å². The van der Waals surface area contributed by atoms with Crippen LogP contribution >= 0.6 is 0 Å². The van der Waals surface area contributed by atoms with E-state index in [0.717, 1.165) is 35.9 Å². The normalized spacial score (nSPS) is 19.0. The molecule has 0 aliphatic carbocycles. The van der Waals surface area contributed by atoms with E-state index >= 15 is 0 Å². The van der Waals surface area contributed by atoms with E-state index in [2.05, 4.69) is 4.90 Å². The Labute approximate surface area is 235 Å². The second kappa shape index (κ2) is 10.2. The molecule has 8 nitrogen and oxygen atoms in total. The number of morpholine rings is 1. The molecule has 0 spiro atoms. The van der Waals surface area contributed by atoms with Crippen LogP contribution in [0, 0.1) is 11.6 Å². The molecule has 7 rings (SSSR count). The van der Waals surface area contributed by atoms with Crippen LogP contribution in [0.2, 0.25) is 0 Å². The molecule has 3 aliphatic rings. The van der Waals surface area contributed by atoms with Gasteiger partial charge in [0.25, 0.3) is 11.8 Å². The SMILES string of the molecule is O=C1c2ccccc2C(=O)N1Cc1cc(C2CCCN2c2cc(F)cc(F)c2)c2nc(N3CCOCC3)cnc2c1. The molecule has 1 unspecified atom stereocenters. The first-order valence-electron chi connectivity index (χ1n) is 13.8. The van der Waals surface area contributed by atoms with Crippen LogP contribution in [0.25, 0.3) is 11.0 Å². The summed E-state index contributed by atoms with van der Waals surface area (Å²) in [4.78, 5) is 41.4. The smallest absolute Gasteiger partial charge is 0.261 e. The highest BCUT2D eigenvalue weighted by Crippen LogP contribution is 2.40. The maximum Gasteiger partial charge on any atom is 0.261 e. The molecule has 0 bridgehead atoms. The number of carbonyl (C=O) groups is 2. The standard InChI is InChI=1S/C31H27F2N5O3/c32-20-14-21(33)16-22(15-20)37-7-3-6-27(37)25-12-19(18-38-30(39)23-4-1-2-5-24(23)31(38)40)13-26-29(25)35-28(17-34-26)36-8-10-41-11-9-36/h1-2,4-5,12-17,27H,3,6-11,18H2. The maximum absolute atomic E-state index is 14.2. The number of hydrogen-bond donors (Lipinski definition) is 0. The molecular formula is C31H27F2N5O3. The number of aromatic nitrogens is 2. The fourth-order valence-electron chi connectivity index (χ4n) is 6.15. The number of amides is 2. The minimum absolute atomic E-state index is 0.0729. The van der Waals surface area contributed by atoms with Gasteiger partial charge >= 0.3 is 0 Å². The first kappa shape index (κ1) is 25.5. The maximum atomic E-state index is 14.2. The number of carbonyl (C=O) groups excluding carboxylic acids is 2. The van der Waals surface area contributed by atoms with Crippen molar-refractivity contribution in [1.29, 1.82) is 0 Å². The van der Waals surface area contributed by atoms with Crippen LogP contribution < -0.4 is 9.80 Å². The van der Waals surface area contributed by atoms with Crippen LogP contribution in [-0.2, 0) is 11.3 Å². The number of anilines is 2. The minimum atomic E-state index is -0.635. The Morgan fingerprint density at radius 1 is 0.902 bits per heavy atom. The summed E-state index contributed by atoms with van der Waals surface area (Å²) in [5.41, 5.74) is 4.14. The lowest BCUT2D eigenvalue weighted by Gasteiger charge is -2.30. The van der Waals surface area contributed by atoms with Gasteiger partial charge in [0, 0.05) is 37.0 Å². The number of nitrogens with zero attached hydrogens (tertiary/aromatic N) is 5. The van der Waals surface area contributed by atoms with Gasteiger partial charge < -0.3 is 14.5 Å². The van der Waals surface area contributed by atoms with Crippen molar-refractivity contribution in [3.05, 3.63) is 94.7 Å². The van der Waals surface area contributed by atoms with Crippen LogP contribution in [-0.4, -0.2) is 59.5 Å². The monoisotopic (exact) mass is 555 g/mol. The van der Waals surface area contributed by atoms with Gasteiger partial charge in [0.2, 0.25) is 0 Å². The third kappa shape index (κ3) is 4.58. The van der Waals surface area contributed by atoms with Gasteiger partial charge in [-0.3, -0.25) is 19.5 Å². The Bertz CT molecular complexity index is 1630. The Balaban J connectivity index is 1.32. The molecule has 3 aliphatic heterocycles. The van der Waals surface area contributed by atoms with Crippen LogP contribution in [0.3, 0.4) is 0 Å². The molecule has 0 radical (unpaired) electrons. The largest absolute Gasteiger partial charge is 0.378 e. The Morgan fingerprint density at radius 3 is 2.32 bits per heavy atom. The number of benzene rings is 3. The third-order valence-corrected chi connectivity index (χ3v) is 8.07. The summed E-state index contributed by atoms with van der Waals surface area (Å²) in [7, 11) is 0.